The largest absolute Gasteiger partial charge is 0.379 e. The molecular formula is C18H36O4. The lowest BCUT2D eigenvalue weighted by atomic mass is 9.86. The van der Waals surface area contributed by atoms with Crippen molar-refractivity contribution in [2.75, 3.05) is 52.9 Å². The smallest absolute Gasteiger partial charge is 0.0700 e. The third kappa shape index (κ3) is 10.5. The minimum atomic E-state index is 0.261. The Hall–Kier alpha value is -0.160. The molecule has 0 aromatic rings. The van der Waals surface area contributed by atoms with Gasteiger partial charge < -0.3 is 18.9 Å². The zero-order valence-corrected chi connectivity index (χ0v) is 15.1. The Morgan fingerprint density at radius 2 is 0.636 bits per heavy atom. The fourth-order valence-corrected chi connectivity index (χ4v) is 2.29. The molecule has 1 aliphatic heterocycles. The van der Waals surface area contributed by atoms with Gasteiger partial charge in [0.15, 0.2) is 0 Å². The zero-order chi connectivity index (χ0) is 16.3. The standard InChI is InChI=1S/C18H36O4/c1-17(2)5-9-19-13-15-21-11-7-18(3,4)8-12-22-16-14-20-10-6-17/h5-16H2,1-4H3. The molecule has 1 saturated heterocycles. The number of hydrogen-bond donors (Lipinski definition) is 0. The van der Waals surface area contributed by atoms with Gasteiger partial charge in [-0.05, 0) is 36.5 Å². The normalized spacial score (nSPS) is 26.7. The van der Waals surface area contributed by atoms with Crippen LogP contribution in [0.1, 0.15) is 53.4 Å². The monoisotopic (exact) mass is 316 g/mol. The van der Waals surface area contributed by atoms with Crippen LogP contribution in [0.25, 0.3) is 0 Å². The van der Waals surface area contributed by atoms with E-state index in [9.17, 15) is 0 Å². The Labute approximate surface area is 136 Å². The molecule has 132 valence electrons. The maximum atomic E-state index is 5.68. The number of rotatable bonds is 0. The van der Waals surface area contributed by atoms with E-state index in [0.29, 0.717) is 26.4 Å². The van der Waals surface area contributed by atoms with Gasteiger partial charge in [-0.25, -0.2) is 0 Å². The molecule has 0 N–H and O–H groups in total. The van der Waals surface area contributed by atoms with Gasteiger partial charge in [-0.1, -0.05) is 27.7 Å². The van der Waals surface area contributed by atoms with Crippen molar-refractivity contribution in [2.45, 2.75) is 53.4 Å². The summed E-state index contributed by atoms with van der Waals surface area (Å²) in [6.07, 6.45) is 4.22. The van der Waals surface area contributed by atoms with Gasteiger partial charge in [-0.2, -0.15) is 0 Å². The van der Waals surface area contributed by atoms with E-state index < -0.39 is 0 Å². The summed E-state index contributed by atoms with van der Waals surface area (Å²) in [4.78, 5) is 0. The van der Waals surface area contributed by atoms with Crippen LogP contribution in [0, 0.1) is 10.8 Å². The molecule has 1 aliphatic rings. The van der Waals surface area contributed by atoms with Gasteiger partial charge in [0, 0.05) is 26.4 Å². The van der Waals surface area contributed by atoms with E-state index in [-0.39, 0.29) is 10.8 Å². The van der Waals surface area contributed by atoms with Crippen molar-refractivity contribution in [1.82, 2.24) is 0 Å². The molecule has 0 aromatic heterocycles. The lowest BCUT2D eigenvalue weighted by Crippen LogP contribution is -2.21. The molecule has 0 aromatic carbocycles. The topological polar surface area (TPSA) is 36.9 Å². The van der Waals surface area contributed by atoms with Gasteiger partial charge in [-0.15, -0.1) is 0 Å². The summed E-state index contributed by atoms with van der Waals surface area (Å²) in [7, 11) is 0. The van der Waals surface area contributed by atoms with E-state index in [2.05, 4.69) is 27.7 Å². The Balaban J connectivity index is 2.31. The van der Waals surface area contributed by atoms with Crippen LogP contribution in [-0.2, 0) is 18.9 Å². The minimum absolute atomic E-state index is 0.261. The highest BCUT2D eigenvalue weighted by Gasteiger charge is 2.18. The molecule has 0 unspecified atom stereocenters. The molecule has 4 nitrogen and oxygen atoms in total. The van der Waals surface area contributed by atoms with Crippen molar-refractivity contribution in [2.24, 2.45) is 10.8 Å². The molecule has 1 fully saturated rings. The highest BCUT2D eigenvalue weighted by Crippen LogP contribution is 2.26. The molecule has 0 spiro atoms. The first-order valence-corrected chi connectivity index (χ1v) is 8.72. The summed E-state index contributed by atoms with van der Waals surface area (Å²) < 4.78 is 22.7. The SMILES string of the molecule is CC1(C)CCOCCOCCC(C)(C)CCOCCOCC1. The highest BCUT2D eigenvalue weighted by atomic mass is 16.5. The predicted molar refractivity (Wildman–Crippen MR) is 89.3 cm³/mol. The molecule has 0 aliphatic carbocycles. The lowest BCUT2D eigenvalue weighted by Gasteiger charge is -2.25. The first-order valence-electron chi connectivity index (χ1n) is 8.72. The molecular weight excluding hydrogens is 280 g/mol. The third-order valence-electron chi connectivity index (χ3n) is 4.44. The van der Waals surface area contributed by atoms with Crippen molar-refractivity contribution in [3.63, 3.8) is 0 Å². The average molecular weight is 316 g/mol. The van der Waals surface area contributed by atoms with E-state index in [1.807, 2.05) is 0 Å². The summed E-state index contributed by atoms with van der Waals surface area (Å²) in [6, 6.07) is 0. The molecule has 4 heteroatoms. The van der Waals surface area contributed by atoms with Crippen molar-refractivity contribution in [3.8, 4) is 0 Å². The van der Waals surface area contributed by atoms with Crippen molar-refractivity contribution >= 4 is 0 Å². The van der Waals surface area contributed by atoms with Crippen LogP contribution in [0.3, 0.4) is 0 Å². The van der Waals surface area contributed by atoms with Crippen LogP contribution in [-0.4, -0.2) is 52.9 Å². The number of ether oxygens (including phenoxy) is 4. The van der Waals surface area contributed by atoms with Crippen molar-refractivity contribution < 1.29 is 18.9 Å². The minimum Gasteiger partial charge on any atom is -0.379 e. The Morgan fingerprint density at radius 1 is 0.409 bits per heavy atom. The van der Waals surface area contributed by atoms with Gasteiger partial charge in [0.05, 0.1) is 26.4 Å². The van der Waals surface area contributed by atoms with E-state index in [1.165, 1.54) is 0 Å². The van der Waals surface area contributed by atoms with Gasteiger partial charge in [0.1, 0.15) is 0 Å². The Kier molecular flexibility index (Phi) is 9.57. The predicted octanol–water partition coefficient (Wildman–Crippen LogP) is 3.68. The first-order chi connectivity index (χ1) is 10.4. The molecule has 0 radical (unpaired) electrons. The summed E-state index contributed by atoms with van der Waals surface area (Å²) in [5.74, 6) is 0. The Morgan fingerprint density at radius 3 is 0.864 bits per heavy atom. The molecule has 0 saturated carbocycles. The van der Waals surface area contributed by atoms with E-state index in [4.69, 9.17) is 18.9 Å². The maximum Gasteiger partial charge on any atom is 0.0700 e. The average Bonchev–Trinajstić information content (AvgIpc) is 2.43. The molecule has 22 heavy (non-hydrogen) atoms. The van der Waals surface area contributed by atoms with Crippen LogP contribution < -0.4 is 0 Å². The summed E-state index contributed by atoms with van der Waals surface area (Å²) >= 11 is 0. The van der Waals surface area contributed by atoms with E-state index >= 15 is 0 Å². The van der Waals surface area contributed by atoms with E-state index in [0.717, 1.165) is 52.1 Å². The lowest BCUT2D eigenvalue weighted by molar-refractivity contribution is 0.00463. The second-order valence-electron chi connectivity index (χ2n) is 7.78. The Bertz CT molecular complexity index is 224. The van der Waals surface area contributed by atoms with Crippen molar-refractivity contribution in [3.05, 3.63) is 0 Å². The fraction of sp³-hybridized carbons (Fsp3) is 1.00. The summed E-state index contributed by atoms with van der Waals surface area (Å²) in [6.45, 7) is 15.0. The quantitative estimate of drug-likeness (QED) is 0.683. The van der Waals surface area contributed by atoms with Gasteiger partial charge in [0.25, 0.3) is 0 Å². The third-order valence-corrected chi connectivity index (χ3v) is 4.44. The van der Waals surface area contributed by atoms with Crippen LogP contribution in [0.5, 0.6) is 0 Å². The van der Waals surface area contributed by atoms with E-state index in [1.54, 1.807) is 0 Å². The molecule has 0 amide bonds. The maximum absolute atomic E-state index is 5.68. The van der Waals surface area contributed by atoms with Gasteiger partial charge in [-0.3, -0.25) is 0 Å². The highest BCUT2D eigenvalue weighted by molar-refractivity contribution is 4.69. The van der Waals surface area contributed by atoms with Crippen molar-refractivity contribution in [1.29, 1.82) is 0 Å². The number of hydrogen-bond acceptors (Lipinski definition) is 4. The van der Waals surface area contributed by atoms with Crippen LogP contribution in [0.2, 0.25) is 0 Å². The second-order valence-corrected chi connectivity index (χ2v) is 7.78. The zero-order valence-electron chi connectivity index (χ0n) is 15.1. The van der Waals surface area contributed by atoms with Crippen LogP contribution in [0.15, 0.2) is 0 Å². The summed E-state index contributed by atoms with van der Waals surface area (Å²) in [5.41, 5.74) is 0.522. The summed E-state index contributed by atoms with van der Waals surface area (Å²) in [5, 5.41) is 0. The first kappa shape index (κ1) is 19.9. The fourth-order valence-electron chi connectivity index (χ4n) is 2.29. The van der Waals surface area contributed by atoms with Gasteiger partial charge >= 0.3 is 0 Å². The second kappa shape index (κ2) is 10.6. The van der Waals surface area contributed by atoms with Gasteiger partial charge in [0.2, 0.25) is 0 Å². The molecule has 1 rings (SSSR count). The van der Waals surface area contributed by atoms with Crippen LogP contribution >= 0.6 is 0 Å². The molecule has 0 atom stereocenters. The van der Waals surface area contributed by atoms with Crippen LogP contribution in [0.4, 0.5) is 0 Å². The molecule has 0 bridgehead atoms. The molecule has 1 heterocycles.